The summed E-state index contributed by atoms with van der Waals surface area (Å²) in [6, 6.07) is 7.18. The fourth-order valence-corrected chi connectivity index (χ4v) is 4.74. The first-order chi connectivity index (χ1) is 17.7. The Morgan fingerprint density at radius 1 is 1.13 bits per heavy atom. The average Bonchev–Trinajstić information content (AvgIpc) is 3.34. The van der Waals surface area contributed by atoms with Crippen LogP contribution in [0.1, 0.15) is 48.4 Å². The number of amides is 4. The molecule has 0 bridgehead atoms. The maximum absolute atomic E-state index is 13.6. The van der Waals surface area contributed by atoms with Crippen molar-refractivity contribution in [3.8, 4) is 0 Å². The van der Waals surface area contributed by atoms with Crippen LogP contribution < -0.4 is 5.73 Å². The van der Waals surface area contributed by atoms with E-state index in [1.54, 1.807) is 25.1 Å². The Morgan fingerprint density at radius 2 is 1.79 bits per heavy atom. The number of nitrogens with zero attached hydrogens (tertiary/aromatic N) is 2. The normalized spacial score (nSPS) is 20.3. The number of nitrogens with two attached hydrogens (primary N) is 1. The standard InChI is InChI=1S/C26H25F4N3O5/c1-14(22(31)35)17-5-8-20-18(11-17)9-10-25(20)23(36)33(24(37)38-25)13-21(34)32(15(2)26(28,29)30)12-16-3-6-19(27)7-4-16/h3-8,11,14-15H,9-10,12-13H2,1-2H3,(H2,31,35)/t14?,15-,25+/m0/s1. The largest absolute Gasteiger partial charge is 0.427 e. The highest BCUT2D eigenvalue weighted by Gasteiger charge is 2.58. The zero-order chi connectivity index (χ0) is 28.0. The van der Waals surface area contributed by atoms with Crippen molar-refractivity contribution in [2.24, 2.45) is 5.73 Å². The molecule has 2 aliphatic rings. The number of aryl methyl sites for hydroxylation is 1. The predicted molar refractivity (Wildman–Crippen MR) is 125 cm³/mol. The Bertz CT molecular complexity index is 1300. The van der Waals surface area contributed by atoms with Crippen molar-refractivity contribution >= 4 is 23.8 Å². The topological polar surface area (TPSA) is 110 Å². The van der Waals surface area contributed by atoms with Crippen LogP contribution in [-0.2, 0) is 37.7 Å². The SMILES string of the molecule is CC(C(N)=O)c1ccc2c(c1)CC[C@@]21OC(=O)N(CC(=O)N(Cc2ccc(F)cc2)[C@@H](C)C(F)(F)F)C1=O. The summed E-state index contributed by atoms with van der Waals surface area (Å²) in [5, 5.41) is 0. The monoisotopic (exact) mass is 535 g/mol. The molecular weight excluding hydrogens is 510 g/mol. The van der Waals surface area contributed by atoms with Crippen molar-refractivity contribution in [2.45, 2.75) is 57.0 Å². The Balaban J connectivity index is 1.58. The van der Waals surface area contributed by atoms with E-state index in [-0.39, 0.29) is 12.0 Å². The van der Waals surface area contributed by atoms with Gasteiger partial charge in [0.15, 0.2) is 0 Å². The molecule has 8 nitrogen and oxygen atoms in total. The lowest BCUT2D eigenvalue weighted by atomic mass is 9.91. The minimum absolute atomic E-state index is 0.0737. The molecule has 2 aromatic rings. The van der Waals surface area contributed by atoms with Crippen molar-refractivity contribution in [2.75, 3.05) is 6.54 Å². The van der Waals surface area contributed by atoms with Gasteiger partial charge in [0.1, 0.15) is 18.4 Å². The van der Waals surface area contributed by atoms with Gasteiger partial charge in [0, 0.05) is 18.5 Å². The van der Waals surface area contributed by atoms with Crippen molar-refractivity contribution < 1.29 is 41.5 Å². The fraction of sp³-hybridized carbons (Fsp3) is 0.385. The van der Waals surface area contributed by atoms with Crippen molar-refractivity contribution in [1.82, 2.24) is 9.80 Å². The van der Waals surface area contributed by atoms with Crippen LogP contribution in [0.4, 0.5) is 22.4 Å². The maximum Gasteiger partial charge on any atom is 0.418 e. The van der Waals surface area contributed by atoms with E-state index >= 15 is 0 Å². The third-order valence-corrected chi connectivity index (χ3v) is 7.13. The number of imide groups is 1. The Kier molecular flexibility index (Phi) is 6.94. The third-order valence-electron chi connectivity index (χ3n) is 7.13. The molecule has 4 amide bonds. The number of hydrogen-bond donors (Lipinski definition) is 1. The van der Waals surface area contributed by atoms with E-state index in [1.807, 2.05) is 0 Å². The number of fused-ring (bicyclic) bond motifs is 2. The second-order valence-electron chi connectivity index (χ2n) is 9.49. The molecule has 1 fully saturated rings. The van der Waals surface area contributed by atoms with Crippen LogP contribution in [0.2, 0.25) is 0 Å². The molecule has 1 unspecified atom stereocenters. The molecule has 1 aliphatic heterocycles. The summed E-state index contributed by atoms with van der Waals surface area (Å²) in [5.74, 6) is -3.71. The van der Waals surface area contributed by atoms with Gasteiger partial charge in [0.2, 0.25) is 17.4 Å². The van der Waals surface area contributed by atoms with Crippen molar-refractivity contribution in [3.63, 3.8) is 0 Å². The van der Waals surface area contributed by atoms with E-state index in [4.69, 9.17) is 10.5 Å². The molecule has 1 aliphatic carbocycles. The summed E-state index contributed by atoms with van der Waals surface area (Å²) in [6.45, 7) is 0.923. The van der Waals surface area contributed by atoms with E-state index in [9.17, 15) is 36.7 Å². The maximum atomic E-state index is 13.6. The molecule has 202 valence electrons. The van der Waals surface area contributed by atoms with Crippen LogP contribution in [0, 0.1) is 5.82 Å². The summed E-state index contributed by atoms with van der Waals surface area (Å²) in [5.41, 5.74) is 5.56. The lowest BCUT2D eigenvalue weighted by molar-refractivity contribution is -0.187. The predicted octanol–water partition coefficient (Wildman–Crippen LogP) is 3.51. The summed E-state index contributed by atoms with van der Waals surface area (Å²) < 4.78 is 59.5. The van der Waals surface area contributed by atoms with Gasteiger partial charge in [-0.05, 0) is 49.1 Å². The van der Waals surface area contributed by atoms with Gasteiger partial charge < -0.3 is 15.4 Å². The second kappa shape index (κ2) is 9.73. The minimum Gasteiger partial charge on any atom is -0.427 e. The first kappa shape index (κ1) is 27.1. The van der Waals surface area contributed by atoms with E-state index in [0.29, 0.717) is 32.9 Å². The number of halogens is 4. The van der Waals surface area contributed by atoms with Gasteiger partial charge in [0.25, 0.3) is 5.91 Å². The third kappa shape index (κ3) is 4.82. The van der Waals surface area contributed by atoms with Gasteiger partial charge >= 0.3 is 12.3 Å². The molecule has 2 N–H and O–H groups in total. The summed E-state index contributed by atoms with van der Waals surface area (Å²) >= 11 is 0. The zero-order valence-corrected chi connectivity index (χ0v) is 20.5. The van der Waals surface area contributed by atoms with Crippen molar-refractivity contribution in [1.29, 1.82) is 0 Å². The molecule has 0 aromatic heterocycles. The van der Waals surface area contributed by atoms with Crippen LogP contribution in [0.15, 0.2) is 42.5 Å². The summed E-state index contributed by atoms with van der Waals surface area (Å²) in [6.07, 6.45) is -5.54. The smallest absolute Gasteiger partial charge is 0.418 e. The summed E-state index contributed by atoms with van der Waals surface area (Å²) in [4.78, 5) is 51.8. The fourth-order valence-electron chi connectivity index (χ4n) is 4.74. The molecule has 4 rings (SSSR count). The molecule has 0 saturated carbocycles. The first-order valence-electron chi connectivity index (χ1n) is 11.8. The quantitative estimate of drug-likeness (QED) is 0.546. The van der Waals surface area contributed by atoms with Crippen LogP contribution in [0.3, 0.4) is 0 Å². The van der Waals surface area contributed by atoms with Gasteiger partial charge in [-0.15, -0.1) is 0 Å². The van der Waals surface area contributed by atoms with Gasteiger partial charge in [-0.1, -0.05) is 30.3 Å². The first-order valence-corrected chi connectivity index (χ1v) is 11.8. The lowest BCUT2D eigenvalue weighted by Crippen LogP contribution is -2.51. The highest BCUT2D eigenvalue weighted by molar-refractivity contribution is 6.06. The molecule has 0 radical (unpaired) electrons. The van der Waals surface area contributed by atoms with E-state index in [0.717, 1.165) is 19.1 Å². The lowest BCUT2D eigenvalue weighted by Gasteiger charge is -2.31. The van der Waals surface area contributed by atoms with Gasteiger partial charge in [-0.25, -0.2) is 14.1 Å². The number of benzene rings is 2. The number of carbonyl (C=O) groups is 4. The minimum atomic E-state index is -4.80. The van der Waals surface area contributed by atoms with Gasteiger partial charge in [-0.3, -0.25) is 14.4 Å². The Labute approximate surface area is 215 Å². The molecule has 3 atom stereocenters. The molecule has 1 saturated heterocycles. The van der Waals surface area contributed by atoms with E-state index in [2.05, 4.69) is 0 Å². The molecule has 1 spiro atoms. The number of rotatable bonds is 7. The van der Waals surface area contributed by atoms with E-state index < -0.39 is 66.5 Å². The van der Waals surface area contributed by atoms with E-state index in [1.165, 1.54) is 12.1 Å². The molecule has 2 aromatic carbocycles. The molecular formula is C26H25F4N3O5. The van der Waals surface area contributed by atoms with Crippen LogP contribution >= 0.6 is 0 Å². The average molecular weight is 535 g/mol. The summed E-state index contributed by atoms with van der Waals surface area (Å²) in [7, 11) is 0. The number of ether oxygens (including phenoxy) is 1. The highest BCUT2D eigenvalue weighted by Crippen LogP contribution is 2.46. The molecule has 1 heterocycles. The Morgan fingerprint density at radius 3 is 2.39 bits per heavy atom. The van der Waals surface area contributed by atoms with Gasteiger partial charge in [0.05, 0.1) is 5.92 Å². The second-order valence-corrected chi connectivity index (χ2v) is 9.49. The van der Waals surface area contributed by atoms with Crippen molar-refractivity contribution in [3.05, 3.63) is 70.5 Å². The van der Waals surface area contributed by atoms with Crippen LogP contribution in [0.25, 0.3) is 0 Å². The molecule has 12 heteroatoms. The highest BCUT2D eigenvalue weighted by atomic mass is 19.4. The van der Waals surface area contributed by atoms with Gasteiger partial charge in [-0.2, -0.15) is 13.2 Å². The number of carbonyl (C=O) groups excluding carboxylic acids is 4. The number of primary amides is 1. The number of alkyl halides is 3. The van der Waals surface area contributed by atoms with Crippen LogP contribution in [-0.4, -0.2) is 52.4 Å². The van der Waals surface area contributed by atoms with Crippen LogP contribution in [0.5, 0.6) is 0 Å². The molecule has 38 heavy (non-hydrogen) atoms. The number of hydrogen-bond acceptors (Lipinski definition) is 5. The Hall–Kier alpha value is -3.96. The zero-order valence-electron chi connectivity index (χ0n) is 20.5.